The molecule has 7 nitrogen and oxygen atoms in total. The molecule has 1 amide bonds. The van der Waals surface area contributed by atoms with E-state index in [1.54, 1.807) is 11.6 Å². The van der Waals surface area contributed by atoms with E-state index in [9.17, 15) is 13.2 Å². The Labute approximate surface area is 137 Å². The summed E-state index contributed by atoms with van der Waals surface area (Å²) >= 11 is 0. The molecule has 23 heavy (non-hydrogen) atoms. The first-order valence-corrected chi connectivity index (χ1v) is 9.55. The number of piperidine rings is 1. The maximum absolute atomic E-state index is 12.6. The van der Waals surface area contributed by atoms with E-state index in [1.807, 2.05) is 0 Å². The number of rotatable bonds is 7. The van der Waals surface area contributed by atoms with Crippen LogP contribution in [-0.2, 0) is 17.1 Å². The number of hydrogen-bond acceptors (Lipinski definition) is 4. The van der Waals surface area contributed by atoms with Gasteiger partial charge in [0, 0.05) is 32.9 Å². The molecule has 1 fully saturated rings. The number of nitrogens with one attached hydrogen (secondary N) is 1. The largest absolute Gasteiger partial charge is 0.351 e. The van der Waals surface area contributed by atoms with Crippen molar-refractivity contribution < 1.29 is 13.2 Å². The number of nitrogens with zero attached hydrogens (tertiary/aromatic N) is 2. The zero-order chi connectivity index (χ0) is 16.9. The zero-order valence-electron chi connectivity index (χ0n) is 13.6. The summed E-state index contributed by atoms with van der Waals surface area (Å²) in [6.07, 6.45) is 6.02. The summed E-state index contributed by atoms with van der Waals surface area (Å²) < 4.78 is 28.4. The van der Waals surface area contributed by atoms with E-state index < -0.39 is 10.0 Å². The Kier molecular flexibility index (Phi) is 6.20. The van der Waals surface area contributed by atoms with Crippen molar-refractivity contribution in [1.29, 1.82) is 0 Å². The number of carbonyl (C=O) groups is 1. The van der Waals surface area contributed by atoms with Crippen LogP contribution in [0.2, 0.25) is 0 Å². The van der Waals surface area contributed by atoms with E-state index in [-0.39, 0.29) is 10.8 Å². The van der Waals surface area contributed by atoms with Gasteiger partial charge in [-0.05, 0) is 38.3 Å². The molecule has 130 valence electrons. The molecule has 1 aliphatic rings. The fourth-order valence-corrected chi connectivity index (χ4v) is 4.31. The Morgan fingerprint density at radius 2 is 1.96 bits per heavy atom. The Morgan fingerprint density at radius 1 is 1.26 bits per heavy atom. The van der Waals surface area contributed by atoms with Gasteiger partial charge in [-0.2, -0.15) is 4.31 Å². The molecule has 1 aromatic heterocycles. The fourth-order valence-electron chi connectivity index (χ4n) is 2.72. The van der Waals surface area contributed by atoms with Crippen LogP contribution in [0.3, 0.4) is 0 Å². The smallest absolute Gasteiger partial charge is 0.267 e. The third kappa shape index (κ3) is 4.33. The normalized spacial score (nSPS) is 16.4. The summed E-state index contributed by atoms with van der Waals surface area (Å²) in [6.45, 7) is 2.24. The molecule has 0 saturated carbocycles. The first-order chi connectivity index (χ1) is 11.0. The van der Waals surface area contributed by atoms with Crippen molar-refractivity contribution in [3.63, 3.8) is 0 Å². The highest BCUT2D eigenvalue weighted by atomic mass is 32.2. The molecule has 0 unspecified atom stereocenters. The van der Waals surface area contributed by atoms with Gasteiger partial charge < -0.3 is 15.6 Å². The number of aromatic nitrogens is 1. The van der Waals surface area contributed by atoms with Crippen LogP contribution in [0.5, 0.6) is 0 Å². The first kappa shape index (κ1) is 18.0. The van der Waals surface area contributed by atoms with Gasteiger partial charge in [0.05, 0.1) is 0 Å². The van der Waals surface area contributed by atoms with Crippen LogP contribution in [0.25, 0.3) is 0 Å². The number of nitrogens with two attached hydrogens (primary N) is 1. The number of hydrogen-bond donors (Lipinski definition) is 2. The lowest BCUT2D eigenvalue weighted by Gasteiger charge is -2.25. The Morgan fingerprint density at radius 3 is 2.61 bits per heavy atom. The summed E-state index contributed by atoms with van der Waals surface area (Å²) in [5.74, 6) is -0.260. The highest BCUT2D eigenvalue weighted by Gasteiger charge is 2.28. The molecule has 8 heteroatoms. The van der Waals surface area contributed by atoms with Crippen LogP contribution in [0.15, 0.2) is 17.2 Å². The van der Waals surface area contributed by atoms with Crippen molar-refractivity contribution in [1.82, 2.24) is 14.2 Å². The number of amides is 1. The lowest BCUT2D eigenvalue weighted by molar-refractivity contribution is 0.0945. The number of aryl methyl sites for hydroxylation is 1. The molecule has 0 aliphatic carbocycles. The van der Waals surface area contributed by atoms with Crippen LogP contribution in [-0.4, -0.2) is 49.4 Å². The average molecular weight is 342 g/mol. The second-order valence-corrected chi connectivity index (χ2v) is 7.83. The third-order valence-electron chi connectivity index (χ3n) is 4.08. The predicted molar refractivity (Wildman–Crippen MR) is 88.6 cm³/mol. The number of sulfonamides is 1. The Hall–Kier alpha value is -1.38. The van der Waals surface area contributed by atoms with Crippen molar-refractivity contribution in [3.8, 4) is 0 Å². The SMILES string of the molecule is Cn1cc(S(=O)(=O)N2CCCCC2)cc1C(=O)NCCCCN. The average Bonchev–Trinajstić information content (AvgIpc) is 2.95. The van der Waals surface area contributed by atoms with Gasteiger partial charge in [-0.1, -0.05) is 6.42 Å². The van der Waals surface area contributed by atoms with E-state index in [1.165, 1.54) is 16.6 Å². The van der Waals surface area contributed by atoms with Crippen LogP contribution < -0.4 is 11.1 Å². The van der Waals surface area contributed by atoms with Crippen molar-refractivity contribution in [3.05, 3.63) is 18.0 Å². The lowest BCUT2D eigenvalue weighted by Crippen LogP contribution is -2.35. The monoisotopic (exact) mass is 342 g/mol. The van der Waals surface area contributed by atoms with E-state index in [2.05, 4.69) is 5.32 Å². The maximum atomic E-state index is 12.6. The molecular formula is C15H26N4O3S. The third-order valence-corrected chi connectivity index (χ3v) is 5.95. The molecule has 3 N–H and O–H groups in total. The molecule has 0 atom stereocenters. The van der Waals surface area contributed by atoms with Crippen LogP contribution in [0.4, 0.5) is 0 Å². The molecule has 1 saturated heterocycles. The standard InChI is InChI=1S/C15H26N4O3S/c1-18-12-13(23(21,22)19-9-5-2-6-10-19)11-14(18)15(20)17-8-4-3-7-16/h11-12H,2-10,16H2,1H3,(H,17,20). The van der Waals surface area contributed by atoms with Gasteiger partial charge in [0.15, 0.2) is 0 Å². The molecule has 0 radical (unpaired) electrons. The molecule has 0 spiro atoms. The van der Waals surface area contributed by atoms with Crippen LogP contribution in [0, 0.1) is 0 Å². The van der Waals surface area contributed by atoms with Gasteiger partial charge in [0.1, 0.15) is 10.6 Å². The van der Waals surface area contributed by atoms with Crippen molar-refractivity contribution >= 4 is 15.9 Å². The molecule has 2 rings (SSSR count). The second-order valence-electron chi connectivity index (χ2n) is 5.89. The van der Waals surface area contributed by atoms with E-state index in [0.717, 1.165) is 32.1 Å². The zero-order valence-corrected chi connectivity index (χ0v) is 14.4. The van der Waals surface area contributed by atoms with Crippen LogP contribution in [0.1, 0.15) is 42.6 Å². The van der Waals surface area contributed by atoms with Crippen molar-refractivity contribution in [2.24, 2.45) is 12.8 Å². The van der Waals surface area contributed by atoms with Gasteiger partial charge in [-0.3, -0.25) is 4.79 Å². The lowest BCUT2D eigenvalue weighted by atomic mass is 10.2. The highest BCUT2D eigenvalue weighted by Crippen LogP contribution is 2.22. The van der Waals surface area contributed by atoms with Crippen molar-refractivity contribution in [2.75, 3.05) is 26.2 Å². The minimum absolute atomic E-state index is 0.189. The maximum Gasteiger partial charge on any atom is 0.267 e. The number of unbranched alkanes of at least 4 members (excludes halogenated alkanes) is 1. The summed E-state index contributed by atoms with van der Waals surface area (Å²) in [6, 6.07) is 1.46. The van der Waals surface area contributed by atoms with Gasteiger partial charge in [0.25, 0.3) is 5.91 Å². The minimum atomic E-state index is -3.51. The summed E-state index contributed by atoms with van der Waals surface area (Å²) in [4.78, 5) is 12.4. The summed E-state index contributed by atoms with van der Waals surface area (Å²) in [7, 11) is -1.83. The topological polar surface area (TPSA) is 97.4 Å². The van der Waals surface area contributed by atoms with Crippen LogP contribution >= 0.6 is 0 Å². The van der Waals surface area contributed by atoms with Crippen molar-refractivity contribution in [2.45, 2.75) is 37.0 Å². The summed E-state index contributed by atoms with van der Waals surface area (Å²) in [5, 5.41) is 2.80. The quantitative estimate of drug-likeness (QED) is 0.712. The molecule has 1 aromatic rings. The van der Waals surface area contributed by atoms with E-state index in [0.29, 0.717) is 31.9 Å². The first-order valence-electron chi connectivity index (χ1n) is 8.11. The molecule has 1 aliphatic heterocycles. The molecule has 2 heterocycles. The predicted octanol–water partition coefficient (Wildman–Crippen LogP) is 0.668. The van der Waals surface area contributed by atoms with Gasteiger partial charge in [-0.15, -0.1) is 0 Å². The van der Waals surface area contributed by atoms with E-state index >= 15 is 0 Å². The van der Waals surface area contributed by atoms with Gasteiger partial charge >= 0.3 is 0 Å². The molecule has 0 aromatic carbocycles. The highest BCUT2D eigenvalue weighted by molar-refractivity contribution is 7.89. The fraction of sp³-hybridized carbons (Fsp3) is 0.667. The molecule has 0 bridgehead atoms. The Bertz CT molecular complexity index is 633. The minimum Gasteiger partial charge on any atom is -0.351 e. The van der Waals surface area contributed by atoms with Gasteiger partial charge in [-0.25, -0.2) is 8.42 Å². The van der Waals surface area contributed by atoms with Gasteiger partial charge in [0.2, 0.25) is 10.0 Å². The molecular weight excluding hydrogens is 316 g/mol. The Balaban J connectivity index is 2.09. The number of carbonyl (C=O) groups excluding carboxylic acids is 1. The van der Waals surface area contributed by atoms with E-state index in [4.69, 9.17) is 5.73 Å². The summed E-state index contributed by atoms with van der Waals surface area (Å²) in [5.41, 5.74) is 5.77. The second kappa shape index (κ2) is 7.94.